The summed E-state index contributed by atoms with van der Waals surface area (Å²) in [6, 6.07) is 5.87. The van der Waals surface area contributed by atoms with E-state index in [2.05, 4.69) is 14.8 Å². The molecule has 0 unspecified atom stereocenters. The van der Waals surface area contributed by atoms with Gasteiger partial charge in [-0.15, -0.1) is 0 Å². The minimum absolute atomic E-state index is 0.147. The van der Waals surface area contributed by atoms with E-state index in [0.717, 1.165) is 22.8 Å². The number of hydrogen-bond donors (Lipinski definition) is 1. The first-order valence-electron chi connectivity index (χ1n) is 8.43. The van der Waals surface area contributed by atoms with Crippen LogP contribution in [0.25, 0.3) is 0 Å². The zero-order valence-corrected chi connectivity index (χ0v) is 16.4. The fourth-order valence-electron chi connectivity index (χ4n) is 2.77. The summed E-state index contributed by atoms with van der Waals surface area (Å²) in [6.07, 6.45) is -0.287. The standard InChI is InChI=1S/C18H24N2O6S/c1-24-13-6-4-12(5-7-13)15-11-27-9-8-20(15)18(23)19-14(17(22)26-3)10-16(21)25-2/h4-7,14-15H,8-11H2,1-3H3,(H,19,23)/t14-,15-/m0/s1. The molecule has 27 heavy (non-hydrogen) atoms. The molecule has 1 aliphatic rings. The molecule has 0 radical (unpaired) electrons. The Labute approximate surface area is 162 Å². The number of hydrogen-bond acceptors (Lipinski definition) is 7. The maximum absolute atomic E-state index is 12.8. The minimum atomic E-state index is -1.10. The van der Waals surface area contributed by atoms with E-state index in [-0.39, 0.29) is 12.5 Å². The van der Waals surface area contributed by atoms with E-state index in [1.807, 2.05) is 24.3 Å². The molecule has 2 amide bonds. The third kappa shape index (κ3) is 5.53. The molecule has 9 heteroatoms. The average molecular weight is 396 g/mol. The molecule has 0 saturated carbocycles. The van der Waals surface area contributed by atoms with E-state index in [9.17, 15) is 14.4 Å². The summed E-state index contributed by atoms with van der Waals surface area (Å²) in [7, 11) is 4.02. The van der Waals surface area contributed by atoms with Crippen LogP contribution in [0.5, 0.6) is 5.75 Å². The topological polar surface area (TPSA) is 94.2 Å². The highest BCUT2D eigenvalue weighted by Crippen LogP contribution is 2.30. The van der Waals surface area contributed by atoms with Gasteiger partial charge in [0.1, 0.15) is 11.8 Å². The maximum Gasteiger partial charge on any atom is 0.329 e. The van der Waals surface area contributed by atoms with Crippen LogP contribution in [0, 0.1) is 0 Å². The summed E-state index contributed by atoms with van der Waals surface area (Å²) in [4.78, 5) is 38.0. The lowest BCUT2D eigenvalue weighted by molar-refractivity contribution is -0.149. The van der Waals surface area contributed by atoms with E-state index in [1.54, 1.807) is 23.8 Å². The van der Waals surface area contributed by atoms with E-state index in [1.165, 1.54) is 14.2 Å². The lowest BCUT2D eigenvalue weighted by Crippen LogP contribution is -2.52. The number of thioether (sulfide) groups is 1. The molecule has 1 fully saturated rings. The maximum atomic E-state index is 12.8. The van der Waals surface area contributed by atoms with Gasteiger partial charge in [-0.25, -0.2) is 9.59 Å². The number of esters is 2. The number of rotatable bonds is 6. The molecule has 1 aromatic rings. The molecule has 0 spiro atoms. The van der Waals surface area contributed by atoms with Gasteiger partial charge in [0.05, 0.1) is 33.8 Å². The lowest BCUT2D eigenvalue weighted by Gasteiger charge is -2.36. The largest absolute Gasteiger partial charge is 0.497 e. The first kappa shape index (κ1) is 20.9. The van der Waals surface area contributed by atoms with Gasteiger partial charge >= 0.3 is 18.0 Å². The molecule has 2 rings (SSSR count). The molecule has 1 heterocycles. The van der Waals surface area contributed by atoms with Crippen molar-refractivity contribution >= 4 is 29.7 Å². The van der Waals surface area contributed by atoms with Crippen molar-refractivity contribution in [2.45, 2.75) is 18.5 Å². The zero-order chi connectivity index (χ0) is 19.8. The molecule has 0 aromatic heterocycles. The van der Waals surface area contributed by atoms with Crippen LogP contribution >= 0.6 is 11.8 Å². The van der Waals surface area contributed by atoms with E-state index >= 15 is 0 Å². The van der Waals surface area contributed by atoms with Crippen molar-refractivity contribution in [2.75, 3.05) is 39.4 Å². The SMILES string of the molecule is COC(=O)C[C@H](NC(=O)N1CCSC[C@H]1c1ccc(OC)cc1)C(=O)OC. The quantitative estimate of drug-likeness (QED) is 0.730. The molecule has 8 nitrogen and oxygen atoms in total. The predicted octanol–water partition coefficient (Wildman–Crippen LogP) is 1.60. The van der Waals surface area contributed by atoms with Crippen LogP contribution in [0.1, 0.15) is 18.0 Å². The van der Waals surface area contributed by atoms with Gasteiger partial charge in [-0.3, -0.25) is 4.79 Å². The van der Waals surface area contributed by atoms with Gasteiger partial charge in [0.25, 0.3) is 0 Å². The Morgan fingerprint density at radius 1 is 1.19 bits per heavy atom. The zero-order valence-electron chi connectivity index (χ0n) is 15.6. The molecule has 1 aliphatic heterocycles. The summed E-state index contributed by atoms with van der Waals surface area (Å²) in [5.74, 6) is 0.967. The van der Waals surface area contributed by atoms with E-state index < -0.39 is 24.0 Å². The van der Waals surface area contributed by atoms with Crippen LogP contribution in [0.2, 0.25) is 0 Å². The number of ether oxygens (including phenoxy) is 3. The Morgan fingerprint density at radius 2 is 1.89 bits per heavy atom. The summed E-state index contributed by atoms with van der Waals surface area (Å²) in [5.41, 5.74) is 0.973. The number of carbonyl (C=O) groups is 3. The fraction of sp³-hybridized carbons (Fsp3) is 0.500. The van der Waals surface area contributed by atoms with Gasteiger partial charge < -0.3 is 24.4 Å². The monoisotopic (exact) mass is 396 g/mol. The van der Waals surface area contributed by atoms with Gasteiger partial charge in [0.15, 0.2) is 0 Å². The number of carbonyl (C=O) groups excluding carboxylic acids is 3. The molecule has 2 atom stereocenters. The van der Waals surface area contributed by atoms with Crippen molar-refractivity contribution in [3.63, 3.8) is 0 Å². The van der Waals surface area contributed by atoms with Gasteiger partial charge in [0, 0.05) is 18.1 Å². The molecular weight excluding hydrogens is 372 g/mol. The van der Waals surface area contributed by atoms with Crippen molar-refractivity contribution in [3.05, 3.63) is 29.8 Å². The first-order valence-corrected chi connectivity index (χ1v) is 9.59. The van der Waals surface area contributed by atoms with Crippen LogP contribution in [-0.2, 0) is 19.1 Å². The normalized spacial score (nSPS) is 17.6. The predicted molar refractivity (Wildman–Crippen MR) is 101 cm³/mol. The molecule has 0 bridgehead atoms. The van der Waals surface area contributed by atoms with Crippen molar-refractivity contribution < 1.29 is 28.6 Å². The Hall–Kier alpha value is -2.42. The van der Waals surface area contributed by atoms with Gasteiger partial charge in [-0.2, -0.15) is 11.8 Å². The van der Waals surface area contributed by atoms with Gasteiger partial charge in [-0.05, 0) is 17.7 Å². The first-order chi connectivity index (χ1) is 13.0. The second-order valence-corrected chi connectivity index (χ2v) is 7.01. The average Bonchev–Trinajstić information content (AvgIpc) is 2.72. The van der Waals surface area contributed by atoms with Crippen molar-refractivity contribution in [1.29, 1.82) is 0 Å². The number of methoxy groups -OCH3 is 3. The molecular formula is C18H24N2O6S. The number of nitrogens with zero attached hydrogens (tertiary/aromatic N) is 1. The van der Waals surface area contributed by atoms with E-state index in [0.29, 0.717) is 6.54 Å². The minimum Gasteiger partial charge on any atom is -0.497 e. The summed E-state index contributed by atoms with van der Waals surface area (Å²) < 4.78 is 14.4. The Bertz CT molecular complexity index is 666. The molecule has 1 N–H and O–H groups in total. The van der Waals surface area contributed by atoms with Crippen molar-refractivity contribution in [3.8, 4) is 5.75 Å². The third-order valence-electron chi connectivity index (χ3n) is 4.27. The van der Waals surface area contributed by atoms with Crippen LogP contribution in [0.4, 0.5) is 4.79 Å². The third-order valence-corrected chi connectivity index (χ3v) is 5.29. The van der Waals surface area contributed by atoms with Crippen LogP contribution in [-0.4, -0.2) is 68.3 Å². The van der Waals surface area contributed by atoms with Crippen LogP contribution < -0.4 is 10.1 Å². The van der Waals surface area contributed by atoms with Crippen LogP contribution in [0.3, 0.4) is 0 Å². The van der Waals surface area contributed by atoms with Crippen molar-refractivity contribution in [1.82, 2.24) is 10.2 Å². The Kier molecular flexibility index (Phi) is 7.78. The Balaban J connectivity index is 2.14. The van der Waals surface area contributed by atoms with Gasteiger partial charge in [0.2, 0.25) is 0 Å². The summed E-state index contributed by atoms with van der Waals surface area (Å²) >= 11 is 1.75. The fourth-order valence-corrected chi connectivity index (χ4v) is 3.85. The number of benzene rings is 1. The molecule has 1 saturated heterocycles. The Morgan fingerprint density at radius 3 is 2.48 bits per heavy atom. The highest BCUT2D eigenvalue weighted by molar-refractivity contribution is 7.99. The highest BCUT2D eigenvalue weighted by Gasteiger charge is 2.32. The van der Waals surface area contributed by atoms with Gasteiger partial charge in [-0.1, -0.05) is 12.1 Å². The number of amides is 2. The lowest BCUT2D eigenvalue weighted by atomic mass is 10.1. The van der Waals surface area contributed by atoms with Crippen molar-refractivity contribution in [2.24, 2.45) is 0 Å². The highest BCUT2D eigenvalue weighted by atomic mass is 32.2. The summed E-state index contributed by atoms with van der Waals surface area (Å²) in [6.45, 7) is 0.527. The number of nitrogens with one attached hydrogen (secondary N) is 1. The van der Waals surface area contributed by atoms with Crippen LogP contribution in [0.15, 0.2) is 24.3 Å². The smallest absolute Gasteiger partial charge is 0.329 e. The molecule has 1 aromatic carbocycles. The number of urea groups is 1. The second kappa shape index (κ2) is 10.1. The second-order valence-electron chi connectivity index (χ2n) is 5.86. The van der Waals surface area contributed by atoms with E-state index in [4.69, 9.17) is 4.74 Å². The molecule has 148 valence electrons. The molecule has 0 aliphatic carbocycles. The summed E-state index contributed by atoms with van der Waals surface area (Å²) in [5, 5.41) is 2.60.